The molecule has 13 nitrogen and oxygen atoms in total. The van der Waals surface area contributed by atoms with Crippen LogP contribution in [0.1, 0.15) is 134 Å². The van der Waals surface area contributed by atoms with Crippen LogP contribution in [0.4, 0.5) is 0 Å². The van der Waals surface area contributed by atoms with E-state index < -0.39 is 98.6 Å². The molecule has 7 aliphatic heterocycles. The number of allylic oxidation sites excluding steroid dienone is 1. The minimum absolute atomic E-state index is 0.00875. The minimum atomic E-state index is -1.57. The number of furan rings is 1. The Morgan fingerprint density at radius 3 is 2.66 bits per heavy atom. The molecule has 5 saturated heterocycles. The number of nitrogens with zero attached hydrogens (tertiary/aromatic N) is 1. The molecular weight excluding hydrogens is 1030 g/mol. The van der Waals surface area contributed by atoms with Crippen LogP contribution >= 0.6 is 0 Å². The Morgan fingerprint density at radius 2 is 1.83 bits per heavy atom. The van der Waals surface area contributed by atoms with E-state index in [0.29, 0.717) is 54.9 Å². The fourth-order valence-electron chi connectivity index (χ4n) is 25.2. The smallest absolute Gasteiger partial charge is 0.339 e. The van der Waals surface area contributed by atoms with Gasteiger partial charge in [0.15, 0.2) is 17.5 Å². The molecule has 0 unspecified atom stereocenters. The first-order valence-corrected chi connectivity index (χ1v) is 32.3. The van der Waals surface area contributed by atoms with E-state index in [-0.39, 0.29) is 72.1 Å². The fraction of sp³-hybridized carbons (Fsp3) is 0.725. The van der Waals surface area contributed by atoms with Crippen LogP contribution in [0, 0.1) is 116 Å². The highest BCUT2D eigenvalue weighted by Gasteiger charge is 3.00. The number of ether oxygens (including phenoxy) is 4. The van der Waals surface area contributed by atoms with Crippen molar-refractivity contribution in [2.24, 2.45) is 105 Å². The molecule has 15 aliphatic rings. The molecule has 5 spiro atoms. The molecule has 7 saturated carbocycles. The zero-order chi connectivity index (χ0) is 55.9. The van der Waals surface area contributed by atoms with Gasteiger partial charge < -0.3 is 43.6 Å². The molecule has 0 amide bonds. The third-order valence-electron chi connectivity index (χ3n) is 27.5. The molecule has 8 aliphatic carbocycles. The SMILES string of the molecule is CC(C)C[C@H]1C=C2C[C@@H]3CCC[C@]34C[C@@H]3C[C@]5(C)[C@]67O[C@@H]6C(=O)O[C@]5(c5ccoc5C[C@@H]([C@@H]5CC[C@H]6[C@H](C=CN8CNC[C@H]68)C5)[C@H](O)CO)CC#C[C@H]5CC[C@@H](Cc6ccccc6)C[C@@H]5[C@]75[C@H](O)C(=O)[C@@H]6[C@@]1(C)O[C@]21[C@H]4C(=O)OC[C@@]61[C@@H]35. The Morgan fingerprint density at radius 1 is 0.976 bits per heavy atom. The van der Waals surface area contributed by atoms with Crippen LogP contribution in [0.25, 0.3) is 0 Å². The van der Waals surface area contributed by atoms with Crippen LogP contribution in [0.2, 0.25) is 0 Å². The van der Waals surface area contributed by atoms with Crippen LogP contribution in [-0.4, -0.2) is 106 Å². The normalized spacial score (nSPS) is 51.4. The van der Waals surface area contributed by atoms with Crippen LogP contribution in [0.3, 0.4) is 0 Å². The first-order valence-electron chi connectivity index (χ1n) is 32.3. The molecule has 8 heterocycles. The van der Waals surface area contributed by atoms with Crippen molar-refractivity contribution >= 4 is 17.7 Å². The number of carbonyl (C=O) groups excluding carboxylic acids is 3. The van der Waals surface area contributed by atoms with Crippen molar-refractivity contribution in [2.45, 2.75) is 177 Å². The third kappa shape index (κ3) is 5.94. The predicted octanol–water partition coefficient (Wildman–Crippen LogP) is 8.23. The molecule has 25 atom stereocenters. The van der Waals surface area contributed by atoms with Crippen molar-refractivity contribution in [1.29, 1.82) is 0 Å². The maximum Gasteiger partial charge on any atom is 0.339 e. The lowest BCUT2D eigenvalue weighted by Gasteiger charge is -2.74. The Labute approximate surface area is 482 Å². The van der Waals surface area contributed by atoms with Gasteiger partial charge >= 0.3 is 11.9 Å². The number of rotatable bonds is 10. The molecule has 12 fully saturated rings. The van der Waals surface area contributed by atoms with Crippen LogP contribution < -0.4 is 5.32 Å². The van der Waals surface area contributed by atoms with E-state index >= 15 is 14.4 Å². The largest absolute Gasteiger partial charge is 0.469 e. The number of benzene rings is 1. The van der Waals surface area contributed by atoms with E-state index in [1.807, 2.05) is 6.07 Å². The summed E-state index contributed by atoms with van der Waals surface area (Å²) < 4.78 is 36.9. The average molecular weight is 1120 g/mol. The van der Waals surface area contributed by atoms with Gasteiger partial charge in [0.1, 0.15) is 29.7 Å². The van der Waals surface area contributed by atoms with Gasteiger partial charge in [0.25, 0.3) is 0 Å². The molecule has 4 N–H and O–H groups in total. The number of carbonyl (C=O) groups is 3. The van der Waals surface area contributed by atoms with E-state index in [0.717, 1.165) is 83.8 Å². The van der Waals surface area contributed by atoms with Gasteiger partial charge in [-0.15, -0.1) is 0 Å². The number of aliphatic hydroxyl groups is 3. The number of ketones is 1. The Hall–Kier alpha value is -4.29. The zero-order valence-electron chi connectivity index (χ0n) is 48.4. The van der Waals surface area contributed by atoms with Gasteiger partial charge in [0, 0.05) is 47.2 Å². The maximum atomic E-state index is 17.3. The summed E-state index contributed by atoms with van der Waals surface area (Å²) in [7, 11) is 0. The second kappa shape index (κ2) is 17.2. The number of fused-ring (bicyclic) bond motifs is 6. The second-order valence-corrected chi connectivity index (χ2v) is 30.6. The highest BCUT2D eigenvalue weighted by Crippen LogP contribution is 2.91. The van der Waals surface area contributed by atoms with E-state index in [1.165, 1.54) is 11.1 Å². The van der Waals surface area contributed by atoms with Gasteiger partial charge in [-0.05, 0) is 178 Å². The molecule has 82 heavy (non-hydrogen) atoms. The lowest BCUT2D eigenvalue weighted by atomic mass is 9.28. The summed E-state index contributed by atoms with van der Waals surface area (Å²) in [4.78, 5) is 51.3. The summed E-state index contributed by atoms with van der Waals surface area (Å²) in [6.45, 7) is 10.3. The molecule has 1 aromatic carbocycles. The molecule has 436 valence electrons. The molecule has 17 rings (SSSR count). The summed E-state index contributed by atoms with van der Waals surface area (Å²) in [6, 6.07) is 13.1. The molecule has 2 aromatic rings. The highest BCUT2D eigenvalue weighted by atomic mass is 16.7. The minimum Gasteiger partial charge on any atom is -0.469 e. The summed E-state index contributed by atoms with van der Waals surface area (Å²) in [6.07, 6.45) is 17.2. The van der Waals surface area contributed by atoms with Crippen LogP contribution in [0.15, 0.2) is 71.0 Å². The van der Waals surface area contributed by atoms with Crippen molar-refractivity contribution in [3.63, 3.8) is 0 Å². The summed E-state index contributed by atoms with van der Waals surface area (Å²) >= 11 is 0. The number of cyclic esters (lactones) is 1. The topological polar surface area (TPSA) is 181 Å². The molecular formula is C69H84N2O11. The predicted molar refractivity (Wildman–Crippen MR) is 299 cm³/mol. The van der Waals surface area contributed by atoms with Gasteiger partial charge in [0.05, 0.1) is 54.9 Å². The lowest BCUT2D eigenvalue weighted by molar-refractivity contribution is -0.315. The monoisotopic (exact) mass is 1120 g/mol. The van der Waals surface area contributed by atoms with Crippen LogP contribution in [-0.2, 0) is 51.8 Å². The van der Waals surface area contributed by atoms with Crippen molar-refractivity contribution in [3.05, 3.63) is 83.5 Å². The van der Waals surface area contributed by atoms with E-state index in [1.54, 1.807) is 6.26 Å². The maximum absolute atomic E-state index is 17.3. The standard InChI is InChI=1S/C69H84N2O11/c1-37(2)24-45-29-46-28-44-13-9-20-64(44)32-43-31-62(3)66(49-19-23-78-53(49)30-48(52(73)34-72)41-16-17-47-42(27-41)18-22-71-36-70-33-51(47)71)21-8-12-40-15-14-39(25-38-10-6-5-7-11-38)26-50(40)67(69(62)59(80-69)61(77)81-66)55(43)65-35-79-60(76)57(64)68(46,65)82-63(45,4)56(65)54(74)58(67)75/h5-7,10-11,18-19,22-23,29,37,39-45,47-48,50-52,55-59,70,72-73,75H,9,13-17,20-21,24-28,30-36H2,1-4H3/t39-,40-,41+,42+,43-,44-,45-,47-,48-,50-,51+,52+,55+,56+,57-,58+,59+,62-,63-,64-,65+,66-,67-,68-,69+/m0/s1. The quantitative estimate of drug-likeness (QED) is 0.0775. The zero-order valence-corrected chi connectivity index (χ0v) is 48.4. The molecule has 9 bridgehead atoms. The van der Waals surface area contributed by atoms with E-state index in [2.05, 4.69) is 98.4 Å². The third-order valence-corrected chi connectivity index (χ3v) is 27.5. The van der Waals surface area contributed by atoms with E-state index in [9.17, 15) is 15.3 Å². The Kier molecular flexibility index (Phi) is 10.9. The number of Topliss-reactive ketones (excluding diaryl/α,β-unsaturated/α-hetero) is 1. The van der Waals surface area contributed by atoms with Gasteiger partial charge in [0.2, 0.25) is 0 Å². The summed E-state index contributed by atoms with van der Waals surface area (Å²) in [5.41, 5.74) is -6.14. The van der Waals surface area contributed by atoms with Gasteiger partial charge in [-0.1, -0.05) is 81.5 Å². The first-order chi connectivity index (χ1) is 39.6. The fourth-order valence-corrected chi connectivity index (χ4v) is 25.2. The average Bonchev–Trinajstić information content (AvgIpc) is 1.40. The Bertz CT molecular complexity index is 3180. The number of hydrogen-bond donors (Lipinski definition) is 4. The van der Waals surface area contributed by atoms with Gasteiger partial charge in [-0.25, -0.2) is 4.79 Å². The van der Waals surface area contributed by atoms with Crippen molar-refractivity contribution < 1.29 is 53.1 Å². The number of epoxide rings is 1. The van der Waals surface area contributed by atoms with Crippen LogP contribution in [0.5, 0.6) is 0 Å². The molecule has 0 radical (unpaired) electrons. The number of nitrogens with one attached hydrogen (secondary N) is 1. The number of aliphatic hydroxyl groups excluding tert-OH is 3. The Balaban J connectivity index is 0.887. The van der Waals surface area contributed by atoms with Gasteiger partial charge in [-0.2, -0.15) is 0 Å². The number of esters is 2. The first kappa shape index (κ1) is 52.1. The molecule has 1 aromatic heterocycles. The summed E-state index contributed by atoms with van der Waals surface area (Å²) in [5, 5.41) is 41.3. The molecule has 13 heteroatoms. The lowest BCUT2D eigenvalue weighted by Crippen LogP contribution is -2.83. The second-order valence-electron chi connectivity index (χ2n) is 30.6. The number of hydrogen-bond acceptors (Lipinski definition) is 13. The van der Waals surface area contributed by atoms with E-state index in [4.69, 9.17) is 23.4 Å². The van der Waals surface area contributed by atoms with Gasteiger partial charge in [-0.3, -0.25) is 14.9 Å². The summed E-state index contributed by atoms with van der Waals surface area (Å²) in [5.74, 6) is 5.71. The van der Waals surface area contributed by atoms with Crippen molar-refractivity contribution in [3.8, 4) is 11.8 Å². The highest BCUT2D eigenvalue weighted by molar-refractivity contribution is 5.94. The van der Waals surface area contributed by atoms with Crippen molar-refractivity contribution in [1.82, 2.24) is 10.2 Å². The van der Waals surface area contributed by atoms with Crippen molar-refractivity contribution in [2.75, 3.05) is 26.4 Å².